The topological polar surface area (TPSA) is 56.4 Å². The molecule has 2 aromatic carbocycles. The molecule has 3 rings (SSSR count). The smallest absolute Gasteiger partial charge is 0.228 e. The average Bonchev–Trinajstić information content (AvgIpc) is 3.17. The van der Waals surface area contributed by atoms with E-state index in [4.69, 9.17) is 11.3 Å². The highest BCUT2D eigenvalue weighted by Gasteiger charge is 2.15. The van der Waals surface area contributed by atoms with Crippen molar-refractivity contribution in [3.8, 4) is 27.7 Å². The maximum Gasteiger partial charge on any atom is 0.228 e. The number of aromatic nitrogens is 2. The Kier molecular flexibility index (Phi) is 5.63. The van der Waals surface area contributed by atoms with E-state index >= 15 is 0 Å². The molecule has 0 amide bonds. The van der Waals surface area contributed by atoms with E-state index in [-0.39, 0.29) is 6.10 Å². The molecule has 0 aliphatic rings. The van der Waals surface area contributed by atoms with Crippen molar-refractivity contribution in [3.05, 3.63) is 58.9 Å². The van der Waals surface area contributed by atoms with Crippen LogP contribution in [-0.2, 0) is 6.42 Å². The van der Waals surface area contributed by atoms with Crippen molar-refractivity contribution in [1.82, 2.24) is 9.36 Å². The van der Waals surface area contributed by atoms with Gasteiger partial charge in [-0.05, 0) is 49.5 Å². The average molecular weight is 377 g/mol. The van der Waals surface area contributed by atoms with Crippen molar-refractivity contribution in [2.75, 3.05) is 0 Å². The predicted molar refractivity (Wildman–Crippen MR) is 108 cm³/mol. The van der Waals surface area contributed by atoms with Crippen molar-refractivity contribution >= 4 is 23.5 Å². The van der Waals surface area contributed by atoms with Crippen molar-refractivity contribution in [1.29, 1.82) is 0 Å². The van der Waals surface area contributed by atoms with E-state index in [0.717, 1.165) is 34.4 Å². The summed E-state index contributed by atoms with van der Waals surface area (Å²) in [6, 6.07) is 11.0. The van der Waals surface area contributed by atoms with Gasteiger partial charge in [0.05, 0.1) is 12.7 Å². The third kappa shape index (κ3) is 3.88. The molecular formula is C21H19N3O2S. The lowest BCUT2D eigenvalue weighted by molar-refractivity contribution is 0.112. The van der Waals surface area contributed by atoms with Crippen LogP contribution in [0.15, 0.2) is 36.4 Å². The van der Waals surface area contributed by atoms with Crippen LogP contribution in [0.5, 0.6) is 5.75 Å². The predicted octanol–water partition coefficient (Wildman–Crippen LogP) is 5.58. The second kappa shape index (κ2) is 8.11. The summed E-state index contributed by atoms with van der Waals surface area (Å²) in [5.74, 6) is 1.17. The Bertz CT molecular complexity index is 1020. The van der Waals surface area contributed by atoms with Gasteiger partial charge >= 0.3 is 0 Å². The number of hydrogen-bond acceptors (Lipinski definition) is 5. The molecular weight excluding hydrogens is 358 g/mol. The standard InChI is InChI=1S/C21H19N3O2S/c1-5-16-15(12-25)7-6-8-17(16)20-23-21(27-24-20)14-9-10-19(26-13(2)3)18(11-14)22-4/h6-13H,5H2,1-3H3. The number of ether oxygens (including phenoxy) is 1. The Morgan fingerprint density at radius 1 is 1.30 bits per heavy atom. The Labute approximate surface area is 162 Å². The highest BCUT2D eigenvalue weighted by Crippen LogP contribution is 2.35. The molecule has 27 heavy (non-hydrogen) atoms. The summed E-state index contributed by atoms with van der Waals surface area (Å²) in [4.78, 5) is 19.5. The van der Waals surface area contributed by atoms with Crippen LogP contribution in [0.1, 0.15) is 36.7 Å². The first kappa shape index (κ1) is 18.7. The van der Waals surface area contributed by atoms with Crippen LogP contribution in [0.25, 0.3) is 26.8 Å². The number of rotatable bonds is 6. The molecule has 1 aromatic heterocycles. The number of hydrogen-bond donors (Lipinski definition) is 0. The van der Waals surface area contributed by atoms with Crippen LogP contribution < -0.4 is 4.74 Å². The molecule has 136 valence electrons. The van der Waals surface area contributed by atoms with Gasteiger partial charge in [-0.2, -0.15) is 4.37 Å². The highest BCUT2D eigenvalue weighted by molar-refractivity contribution is 7.09. The number of aldehydes is 1. The largest absolute Gasteiger partial charge is 0.502 e. The fraction of sp³-hybridized carbons (Fsp3) is 0.238. The van der Waals surface area contributed by atoms with Crippen LogP contribution in [0.3, 0.4) is 0 Å². The minimum Gasteiger partial charge on any atom is -0.502 e. The molecule has 0 saturated carbocycles. The van der Waals surface area contributed by atoms with Crippen LogP contribution in [0.2, 0.25) is 0 Å². The molecule has 0 fully saturated rings. The fourth-order valence-corrected chi connectivity index (χ4v) is 3.53. The minimum atomic E-state index is 0.00189. The van der Waals surface area contributed by atoms with E-state index in [1.807, 2.05) is 39.0 Å². The van der Waals surface area contributed by atoms with Crippen LogP contribution in [0.4, 0.5) is 5.69 Å². The van der Waals surface area contributed by atoms with E-state index in [1.165, 1.54) is 11.5 Å². The third-order valence-electron chi connectivity index (χ3n) is 4.05. The zero-order valence-electron chi connectivity index (χ0n) is 15.4. The second-order valence-corrected chi connectivity index (χ2v) is 6.98. The molecule has 0 spiro atoms. The summed E-state index contributed by atoms with van der Waals surface area (Å²) in [6.07, 6.45) is 1.59. The zero-order chi connectivity index (χ0) is 19.4. The lowest BCUT2D eigenvalue weighted by Crippen LogP contribution is -2.05. The Morgan fingerprint density at radius 2 is 2.11 bits per heavy atom. The van der Waals surface area contributed by atoms with Crippen molar-refractivity contribution in [2.24, 2.45) is 0 Å². The molecule has 0 saturated heterocycles. The summed E-state index contributed by atoms with van der Waals surface area (Å²) in [6.45, 7) is 13.3. The normalized spacial score (nSPS) is 10.6. The number of carbonyl (C=O) groups is 1. The lowest BCUT2D eigenvalue weighted by Gasteiger charge is -2.11. The number of nitrogens with zero attached hydrogens (tertiary/aromatic N) is 3. The maximum absolute atomic E-state index is 11.3. The van der Waals surface area contributed by atoms with Gasteiger partial charge in [-0.1, -0.05) is 31.2 Å². The second-order valence-electron chi connectivity index (χ2n) is 6.23. The molecule has 5 nitrogen and oxygen atoms in total. The van der Waals surface area contributed by atoms with E-state index in [0.29, 0.717) is 22.8 Å². The molecule has 3 aromatic rings. The zero-order valence-corrected chi connectivity index (χ0v) is 16.2. The molecule has 0 aliphatic heterocycles. The van der Waals surface area contributed by atoms with Gasteiger partial charge in [0, 0.05) is 16.7 Å². The monoisotopic (exact) mass is 377 g/mol. The van der Waals surface area contributed by atoms with Gasteiger partial charge < -0.3 is 4.74 Å². The summed E-state index contributed by atoms with van der Waals surface area (Å²) in [5, 5.41) is 0.726. The maximum atomic E-state index is 11.3. The third-order valence-corrected chi connectivity index (χ3v) is 4.81. The Hall–Kier alpha value is -3.04. The fourth-order valence-electron chi connectivity index (χ4n) is 2.86. The summed E-state index contributed by atoms with van der Waals surface area (Å²) in [5.41, 5.74) is 3.76. The van der Waals surface area contributed by atoms with Gasteiger partial charge in [0.2, 0.25) is 5.69 Å². The number of benzene rings is 2. The van der Waals surface area contributed by atoms with Gasteiger partial charge in [0.15, 0.2) is 5.82 Å². The van der Waals surface area contributed by atoms with Crippen LogP contribution in [-0.4, -0.2) is 21.7 Å². The Balaban J connectivity index is 2.00. The highest BCUT2D eigenvalue weighted by atomic mass is 32.1. The number of carbonyl (C=O) groups excluding carboxylic acids is 1. The summed E-state index contributed by atoms with van der Waals surface area (Å²) >= 11 is 1.28. The van der Waals surface area contributed by atoms with E-state index < -0.39 is 0 Å². The molecule has 0 radical (unpaired) electrons. The van der Waals surface area contributed by atoms with Gasteiger partial charge in [0.1, 0.15) is 17.0 Å². The first-order valence-corrected chi connectivity index (χ1v) is 9.44. The van der Waals surface area contributed by atoms with Crippen molar-refractivity contribution < 1.29 is 9.53 Å². The Morgan fingerprint density at radius 3 is 2.78 bits per heavy atom. The SMILES string of the molecule is [C-]#[N+]c1cc(-c2nc(-c3cccc(C=O)c3CC)ns2)ccc1OC(C)C. The lowest BCUT2D eigenvalue weighted by atomic mass is 9.99. The molecule has 0 atom stereocenters. The molecule has 1 heterocycles. The first-order chi connectivity index (χ1) is 13.1. The molecule has 6 heteroatoms. The molecule has 0 unspecified atom stereocenters. The molecule has 0 bridgehead atoms. The van der Waals surface area contributed by atoms with Crippen molar-refractivity contribution in [3.63, 3.8) is 0 Å². The molecule has 0 aliphatic carbocycles. The van der Waals surface area contributed by atoms with E-state index in [9.17, 15) is 4.79 Å². The van der Waals surface area contributed by atoms with Gasteiger partial charge in [-0.15, -0.1) is 0 Å². The first-order valence-electron chi connectivity index (χ1n) is 8.67. The van der Waals surface area contributed by atoms with Crippen molar-refractivity contribution in [2.45, 2.75) is 33.3 Å². The summed E-state index contributed by atoms with van der Waals surface area (Å²) < 4.78 is 10.2. The van der Waals surface area contributed by atoms with E-state index in [2.05, 4.69) is 14.2 Å². The van der Waals surface area contributed by atoms with E-state index in [1.54, 1.807) is 18.2 Å². The minimum absolute atomic E-state index is 0.00189. The van der Waals surface area contributed by atoms with Crippen LogP contribution in [0, 0.1) is 6.57 Å². The molecule has 0 N–H and O–H groups in total. The van der Waals surface area contributed by atoms with Crippen LogP contribution >= 0.6 is 11.5 Å². The van der Waals surface area contributed by atoms with Gasteiger partial charge in [-0.25, -0.2) is 9.83 Å². The van der Waals surface area contributed by atoms with Gasteiger partial charge in [0.25, 0.3) is 0 Å². The van der Waals surface area contributed by atoms with Gasteiger partial charge in [-0.3, -0.25) is 4.79 Å². The summed E-state index contributed by atoms with van der Waals surface area (Å²) in [7, 11) is 0. The quantitative estimate of drug-likeness (QED) is 0.415.